The van der Waals surface area contributed by atoms with Crippen LogP contribution < -0.4 is 5.32 Å². The zero-order chi connectivity index (χ0) is 15.2. The van der Waals surface area contributed by atoms with Crippen molar-refractivity contribution in [2.24, 2.45) is 5.92 Å². The molecule has 0 spiro atoms. The summed E-state index contributed by atoms with van der Waals surface area (Å²) in [6.45, 7) is 5.51. The Bertz CT molecular complexity index is 478. The number of rotatable bonds is 5. The molecule has 21 heavy (non-hydrogen) atoms. The van der Waals surface area contributed by atoms with Crippen molar-refractivity contribution in [1.29, 1.82) is 0 Å². The lowest BCUT2D eigenvalue weighted by Crippen LogP contribution is -2.34. The van der Waals surface area contributed by atoms with Gasteiger partial charge in [-0.05, 0) is 49.3 Å². The first-order valence-electron chi connectivity index (χ1n) is 7.68. The Labute approximate surface area is 125 Å². The summed E-state index contributed by atoms with van der Waals surface area (Å²) in [5.74, 6) is 0.304. The topological polar surface area (TPSA) is 38.3 Å². The molecule has 1 aliphatic rings. The van der Waals surface area contributed by atoms with Gasteiger partial charge in [-0.1, -0.05) is 19.1 Å². The molecule has 3 nitrogen and oxygen atoms in total. The highest BCUT2D eigenvalue weighted by molar-refractivity contribution is 5.76. The monoisotopic (exact) mass is 293 g/mol. The second kappa shape index (κ2) is 7.55. The molecular weight excluding hydrogens is 269 g/mol. The molecule has 0 aliphatic carbocycles. The number of nitrogens with one attached hydrogen (secondary N) is 1. The van der Waals surface area contributed by atoms with Gasteiger partial charge in [0.05, 0.1) is 6.10 Å². The molecule has 1 amide bonds. The zero-order valence-electron chi connectivity index (χ0n) is 12.8. The summed E-state index contributed by atoms with van der Waals surface area (Å²) in [4.78, 5) is 12.0. The molecule has 0 radical (unpaired) electrons. The van der Waals surface area contributed by atoms with Crippen LogP contribution in [0.2, 0.25) is 0 Å². The normalized spacial score (nSPS) is 23.6. The van der Waals surface area contributed by atoms with Gasteiger partial charge in [-0.15, -0.1) is 0 Å². The summed E-state index contributed by atoms with van der Waals surface area (Å²) < 4.78 is 18.7. The fourth-order valence-electron chi connectivity index (χ4n) is 2.82. The van der Waals surface area contributed by atoms with E-state index in [0.29, 0.717) is 18.9 Å². The second-order valence-electron chi connectivity index (χ2n) is 6.04. The number of benzene rings is 1. The fraction of sp³-hybridized carbons (Fsp3) is 0.588. The van der Waals surface area contributed by atoms with E-state index in [-0.39, 0.29) is 23.7 Å². The third-order valence-corrected chi connectivity index (χ3v) is 4.09. The van der Waals surface area contributed by atoms with Crippen molar-refractivity contribution >= 4 is 5.91 Å². The first kappa shape index (κ1) is 16.0. The number of halogens is 1. The van der Waals surface area contributed by atoms with Gasteiger partial charge in [0.25, 0.3) is 0 Å². The molecule has 3 atom stereocenters. The van der Waals surface area contributed by atoms with Crippen LogP contribution in [0.25, 0.3) is 0 Å². The van der Waals surface area contributed by atoms with E-state index < -0.39 is 0 Å². The van der Waals surface area contributed by atoms with Crippen LogP contribution in [-0.4, -0.2) is 25.2 Å². The Balaban J connectivity index is 1.76. The highest BCUT2D eigenvalue weighted by Gasteiger charge is 2.20. The van der Waals surface area contributed by atoms with Gasteiger partial charge in [-0.25, -0.2) is 4.39 Å². The number of hydrogen-bond donors (Lipinski definition) is 1. The quantitative estimate of drug-likeness (QED) is 0.905. The van der Waals surface area contributed by atoms with Crippen LogP contribution in [0.5, 0.6) is 0 Å². The first-order chi connectivity index (χ1) is 10.0. The standard InChI is InChI=1S/C17H24FNO2/c1-12(15-4-3-5-16(18)10-15)8-17(20)19-11-14-6-7-21-13(2)9-14/h3-5,10,12-14H,6-9,11H2,1-2H3,(H,19,20). The SMILES string of the molecule is CC1CC(CNC(=O)CC(C)c2cccc(F)c2)CCO1. The van der Waals surface area contributed by atoms with E-state index in [0.717, 1.165) is 25.0 Å². The molecule has 1 aromatic rings. The third-order valence-electron chi connectivity index (χ3n) is 4.09. The van der Waals surface area contributed by atoms with Crippen LogP contribution in [0.4, 0.5) is 4.39 Å². The Morgan fingerprint density at radius 2 is 2.33 bits per heavy atom. The minimum atomic E-state index is -0.254. The number of carbonyl (C=O) groups excluding carboxylic acids is 1. The molecule has 3 unspecified atom stereocenters. The summed E-state index contributed by atoms with van der Waals surface area (Å²) in [6.07, 6.45) is 2.68. The molecule has 1 heterocycles. The number of carbonyl (C=O) groups is 1. The molecule has 4 heteroatoms. The summed E-state index contributed by atoms with van der Waals surface area (Å²) in [6, 6.07) is 6.46. The molecule has 1 saturated heterocycles. The van der Waals surface area contributed by atoms with Crippen LogP contribution in [0.1, 0.15) is 44.6 Å². The van der Waals surface area contributed by atoms with E-state index in [4.69, 9.17) is 4.74 Å². The Morgan fingerprint density at radius 3 is 3.05 bits per heavy atom. The minimum absolute atomic E-state index is 0.0225. The molecule has 0 aromatic heterocycles. The highest BCUT2D eigenvalue weighted by atomic mass is 19.1. The number of ether oxygens (including phenoxy) is 1. The van der Waals surface area contributed by atoms with Gasteiger partial charge in [-0.2, -0.15) is 0 Å². The molecule has 116 valence electrons. The highest BCUT2D eigenvalue weighted by Crippen LogP contribution is 2.21. The maximum Gasteiger partial charge on any atom is 0.220 e. The van der Waals surface area contributed by atoms with Crippen LogP contribution >= 0.6 is 0 Å². The van der Waals surface area contributed by atoms with Crippen LogP contribution in [0.3, 0.4) is 0 Å². The van der Waals surface area contributed by atoms with Crippen LogP contribution in [-0.2, 0) is 9.53 Å². The summed E-state index contributed by atoms with van der Waals surface area (Å²) in [5.41, 5.74) is 0.866. The first-order valence-corrected chi connectivity index (χ1v) is 7.68. The van der Waals surface area contributed by atoms with Gasteiger partial charge in [0.1, 0.15) is 5.82 Å². The Morgan fingerprint density at radius 1 is 1.52 bits per heavy atom. The maximum atomic E-state index is 13.2. The fourth-order valence-corrected chi connectivity index (χ4v) is 2.82. The van der Waals surface area contributed by atoms with E-state index in [1.807, 2.05) is 13.0 Å². The van der Waals surface area contributed by atoms with Crippen molar-refractivity contribution in [3.63, 3.8) is 0 Å². The lowest BCUT2D eigenvalue weighted by atomic mass is 9.95. The molecule has 0 saturated carbocycles. The largest absolute Gasteiger partial charge is 0.378 e. The van der Waals surface area contributed by atoms with Gasteiger partial charge in [0.2, 0.25) is 5.91 Å². The second-order valence-corrected chi connectivity index (χ2v) is 6.04. The zero-order valence-corrected chi connectivity index (χ0v) is 12.8. The number of amides is 1. The van der Waals surface area contributed by atoms with Crippen LogP contribution in [0.15, 0.2) is 24.3 Å². The van der Waals surface area contributed by atoms with E-state index in [1.54, 1.807) is 6.07 Å². The van der Waals surface area contributed by atoms with Crippen molar-refractivity contribution in [2.45, 2.75) is 45.1 Å². The predicted molar refractivity (Wildman–Crippen MR) is 80.6 cm³/mol. The Hall–Kier alpha value is -1.42. The maximum absolute atomic E-state index is 13.2. The molecule has 1 aliphatic heterocycles. The van der Waals surface area contributed by atoms with E-state index >= 15 is 0 Å². The van der Waals surface area contributed by atoms with Gasteiger partial charge >= 0.3 is 0 Å². The average molecular weight is 293 g/mol. The van der Waals surface area contributed by atoms with Crippen molar-refractivity contribution in [2.75, 3.05) is 13.2 Å². The predicted octanol–water partition coefficient (Wildman–Crippen LogP) is 3.25. The Kier molecular flexibility index (Phi) is 5.74. The molecule has 0 bridgehead atoms. The summed E-state index contributed by atoms with van der Waals surface area (Å²) >= 11 is 0. The summed E-state index contributed by atoms with van der Waals surface area (Å²) in [5, 5.41) is 3.00. The molecule has 2 rings (SSSR count). The average Bonchev–Trinajstić information content (AvgIpc) is 2.45. The van der Waals surface area contributed by atoms with Gasteiger partial charge in [0, 0.05) is 19.6 Å². The van der Waals surface area contributed by atoms with E-state index in [2.05, 4.69) is 12.2 Å². The molecule has 1 fully saturated rings. The van der Waals surface area contributed by atoms with Crippen molar-refractivity contribution < 1.29 is 13.9 Å². The van der Waals surface area contributed by atoms with Gasteiger partial charge in [-0.3, -0.25) is 4.79 Å². The molecule has 1 aromatic carbocycles. The minimum Gasteiger partial charge on any atom is -0.378 e. The van der Waals surface area contributed by atoms with Gasteiger partial charge < -0.3 is 10.1 Å². The van der Waals surface area contributed by atoms with Crippen molar-refractivity contribution in [1.82, 2.24) is 5.32 Å². The molecular formula is C17H24FNO2. The van der Waals surface area contributed by atoms with E-state index in [9.17, 15) is 9.18 Å². The van der Waals surface area contributed by atoms with Crippen LogP contribution in [0, 0.1) is 11.7 Å². The lowest BCUT2D eigenvalue weighted by molar-refractivity contribution is -0.121. The smallest absolute Gasteiger partial charge is 0.220 e. The summed E-state index contributed by atoms with van der Waals surface area (Å²) in [7, 11) is 0. The van der Waals surface area contributed by atoms with Crippen molar-refractivity contribution in [3.8, 4) is 0 Å². The van der Waals surface area contributed by atoms with E-state index in [1.165, 1.54) is 12.1 Å². The lowest BCUT2D eigenvalue weighted by Gasteiger charge is -2.27. The van der Waals surface area contributed by atoms with Gasteiger partial charge in [0.15, 0.2) is 0 Å². The van der Waals surface area contributed by atoms with Crippen molar-refractivity contribution in [3.05, 3.63) is 35.6 Å². The molecule has 1 N–H and O–H groups in total. The number of hydrogen-bond acceptors (Lipinski definition) is 2. The third kappa shape index (κ3) is 5.12.